The molecule has 1 heterocycles. The predicted molar refractivity (Wildman–Crippen MR) is 116 cm³/mol. The molecule has 0 aliphatic carbocycles. The first-order valence-electron chi connectivity index (χ1n) is 8.73. The van der Waals surface area contributed by atoms with Gasteiger partial charge in [0.25, 0.3) is 15.9 Å². The van der Waals surface area contributed by atoms with Gasteiger partial charge < -0.3 is 10.1 Å². The number of amides is 1. The molecule has 1 atom stereocenters. The van der Waals surface area contributed by atoms with Crippen molar-refractivity contribution in [1.29, 1.82) is 0 Å². The summed E-state index contributed by atoms with van der Waals surface area (Å²) < 4.78 is 45.4. The standard InChI is InChI=1S/C20H18ClFN2O4S2/c1-13(20(25)23-14-5-10-18(22)17(21)12-14)28-16-8-6-15(7-9-16)24(2)30(26,27)19-4-3-11-29-19/h3-13H,1-2H3,(H,23,25)/t13-/m1/s1. The van der Waals surface area contributed by atoms with Crippen molar-refractivity contribution in [2.24, 2.45) is 0 Å². The van der Waals surface area contributed by atoms with E-state index in [4.69, 9.17) is 16.3 Å². The zero-order valence-electron chi connectivity index (χ0n) is 16.0. The van der Waals surface area contributed by atoms with Crippen LogP contribution in [0.1, 0.15) is 6.92 Å². The minimum absolute atomic E-state index is 0.0985. The second kappa shape index (κ2) is 9.03. The van der Waals surface area contributed by atoms with Crippen molar-refractivity contribution in [2.45, 2.75) is 17.2 Å². The third-order valence-corrected chi connectivity index (χ3v) is 7.63. The molecule has 0 fully saturated rings. The fourth-order valence-corrected chi connectivity index (χ4v) is 5.03. The van der Waals surface area contributed by atoms with Crippen molar-refractivity contribution in [3.8, 4) is 5.75 Å². The maximum absolute atomic E-state index is 13.2. The van der Waals surface area contributed by atoms with Crippen molar-refractivity contribution >= 4 is 50.2 Å². The largest absolute Gasteiger partial charge is 0.481 e. The van der Waals surface area contributed by atoms with Crippen molar-refractivity contribution in [3.63, 3.8) is 0 Å². The lowest BCUT2D eigenvalue weighted by Crippen LogP contribution is -2.30. The number of halogens is 2. The normalized spacial score (nSPS) is 12.3. The van der Waals surface area contributed by atoms with E-state index in [1.165, 1.54) is 23.5 Å². The smallest absolute Gasteiger partial charge is 0.273 e. The highest BCUT2D eigenvalue weighted by molar-refractivity contribution is 7.94. The molecule has 30 heavy (non-hydrogen) atoms. The SMILES string of the molecule is C[C@@H](Oc1ccc(N(C)S(=O)(=O)c2cccs2)cc1)C(=O)Nc1ccc(F)c(Cl)c1. The van der Waals surface area contributed by atoms with Crippen molar-refractivity contribution in [2.75, 3.05) is 16.7 Å². The second-order valence-electron chi connectivity index (χ2n) is 6.28. The lowest BCUT2D eigenvalue weighted by atomic mass is 10.2. The number of anilines is 2. The molecule has 0 bridgehead atoms. The summed E-state index contributed by atoms with van der Waals surface area (Å²) in [4.78, 5) is 12.3. The molecule has 10 heteroatoms. The monoisotopic (exact) mass is 468 g/mol. The van der Waals surface area contributed by atoms with Gasteiger partial charge in [0.05, 0.1) is 10.7 Å². The fraction of sp³-hybridized carbons (Fsp3) is 0.150. The van der Waals surface area contributed by atoms with Crippen LogP contribution in [0.25, 0.3) is 0 Å². The van der Waals surface area contributed by atoms with Gasteiger partial charge >= 0.3 is 0 Å². The van der Waals surface area contributed by atoms with Crippen LogP contribution in [0.3, 0.4) is 0 Å². The first kappa shape index (κ1) is 22.1. The number of ether oxygens (including phenoxy) is 1. The zero-order chi connectivity index (χ0) is 21.9. The third-order valence-electron chi connectivity index (χ3n) is 4.18. The van der Waals surface area contributed by atoms with E-state index >= 15 is 0 Å². The Morgan fingerprint density at radius 1 is 1.20 bits per heavy atom. The van der Waals surface area contributed by atoms with Crippen molar-refractivity contribution in [1.82, 2.24) is 0 Å². The molecule has 0 unspecified atom stereocenters. The topological polar surface area (TPSA) is 75.7 Å². The molecule has 0 aliphatic heterocycles. The number of sulfonamides is 1. The molecule has 0 saturated heterocycles. The van der Waals surface area contributed by atoms with Gasteiger partial charge in [-0.15, -0.1) is 11.3 Å². The van der Waals surface area contributed by atoms with Crippen LogP contribution >= 0.6 is 22.9 Å². The van der Waals surface area contributed by atoms with E-state index in [1.807, 2.05) is 0 Å². The summed E-state index contributed by atoms with van der Waals surface area (Å²) in [5, 5.41) is 4.19. The predicted octanol–water partition coefficient (Wildman–Crippen LogP) is 4.77. The maximum Gasteiger partial charge on any atom is 0.273 e. The molecule has 3 aromatic rings. The summed E-state index contributed by atoms with van der Waals surface area (Å²) >= 11 is 6.85. The quantitative estimate of drug-likeness (QED) is 0.541. The number of nitrogens with one attached hydrogen (secondary N) is 1. The lowest BCUT2D eigenvalue weighted by molar-refractivity contribution is -0.122. The van der Waals surface area contributed by atoms with E-state index in [-0.39, 0.29) is 9.23 Å². The summed E-state index contributed by atoms with van der Waals surface area (Å²) in [7, 11) is -2.16. The molecule has 1 N–H and O–H groups in total. The van der Waals surface area contributed by atoms with Gasteiger partial charge in [-0.05, 0) is 60.8 Å². The molecule has 2 aromatic carbocycles. The van der Waals surface area contributed by atoms with Gasteiger partial charge in [-0.1, -0.05) is 17.7 Å². The van der Waals surface area contributed by atoms with Crippen LogP contribution in [0.2, 0.25) is 5.02 Å². The van der Waals surface area contributed by atoms with Crippen LogP contribution in [0, 0.1) is 5.82 Å². The highest BCUT2D eigenvalue weighted by atomic mass is 35.5. The molecule has 3 rings (SSSR count). The Morgan fingerprint density at radius 3 is 2.50 bits per heavy atom. The van der Waals surface area contributed by atoms with Crippen LogP contribution in [0.15, 0.2) is 64.2 Å². The van der Waals surface area contributed by atoms with Crippen LogP contribution in [0.4, 0.5) is 15.8 Å². The summed E-state index contributed by atoms with van der Waals surface area (Å²) in [6, 6.07) is 13.4. The number of hydrogen-bond acceptors (Lipinski definition) is 5. The number of carbonyl (C=O) groups excluding carboxylic acids is 1. The average molecular weight is 469 g/mol. The molecule has 6 nitrogen and oxygen atoms in total. The van der Waals surface area contributed by atoms with Gasteiger partial charge in [0.1, 0.15) is 15.8 Å². The van der Waals surface area contributed by atoms with Crippen molar-refractivity contribution < 1.29 is 22.3 Å². The molecule has 158 valence electrons. The van der Waals surface area contributed by atoms with Crippen LogP contribution in [0.5, 0.6) is 5.75 Å². The van der Waals surface area contributed by atoms with Gasteiger partial charge in [-0.2, -0.15) is 0 Å². The number of nitrogens with zero attached hydrogens (tertiary/aromatic N) is 1. The Kier molecular flexibility index (Phi) is 6.64. The van der Waals surface area contributed by atoms with Gasteiger partial charge in [-0.25, -0.2) is 12.8 Å². The Balaban J connectivity index is 1.64. The van der Waals surface area contributed by atoms with Crippen LogP contribution < -0.4 is 14.4 Å². The van der Waals surface area contributed by atoms with Crippen LogP contribution in [-0.2, 0) is 14.8 Å². The Labute approximate surface area is 182 Å². The minimum atomic E-state index is -3.63. The zero-order valence-corrected chi connectivity index (χ0v) is 18.4. The van der Waals surface area contributed by atoms with Gasteiger partial charge in [0, 0.05) is 12.7 Å². The highest BCUT2D eigenvalue weighted by Gasteiger charge is 2.22. The Hall–Kier alpha value is -2.62. The Bertz CT molecular complexity index is 1140. The molecule has 1 aromatic heterocycles. The molecule has 0 spiro atoms. The third kappa shape index (κ3) is 4.92. The first-order valence-corrected chi connectivity index (χ1v) is 11.4. The van der Waals surface area contributed by atoms with E-state index in [2.05, 4.69) is 5.32 Å². The van der Waals surface area contributed by atoms with E-state index in [9.17, 15) is 17.6 Å². The molecular weight excluding hydrogens is 451 g/mol. The van der Waals surface area contributed by atoms with Crippen molar-refractivity contribution in [3.05, 3.63) is 70.8 Å². The maximum atomic E-state index is 13.2. The fourth-order valence-electron chi connectivity index (χ4n) is 2.49. The van der Waals surface area contributed by atoms with E-state index < -0.39 is 27.9 Å². The summed E-state index contributed by atoms with van der Waals surface area (Å²) in [5.74, 6) is -0.635. The first-order chi connectivity index (χ1) is 14.2. The van der Waals surface area contributed by atoms with Gasteiger partial charge in [0.15, 0.2) is 6.10 Å². The molecule has 1 amide bonds. The highest BCUT2D eigenvalue weighted by Crippen LogP contribution is 2.27. The second-order valence-corrected chi connectivity index (χ2v) is 9.83. The Morgan fingerprint density at radius 2 is 1.90 bits per heavy atom. The number of hydrogen-bond donors (Lipinski definition) is 1. The summed E-state index contributed by atoms with van der Waals surface area (Å²) in [5.41, 5.74) is 0.798. The van der Waals surface area contributed by atoms with E-state index in [0.29, 0.717) is 17.1 Å². The summed E-state index contributed by atoms with van der Waals surface area (Å²) in [6.45, 7) is 1.56. The minimum Gasteiger partial charge on any atom is -0.481 e. The molecular formula is C20H18ClFN2O4S2. The number of carbonyl (C=O) groups is 1. The van der Waals surface area contributed by atoms with E-state index in [0.717, 1.165) is 17.4 Å². The van der Waals surface area contributed by atoms with Crippen LogP contribution in [-0.4, -0.2) is 27.5 Å². The van der Waals surface area contributed by atoms with E-state index in [1.54, 1.807) is 48.7 Å². The molecule has 0 aliphatic rings. The number of rotatable bonds is 7. The lowest BCUT2D eigenvalue weighted by Gasteiger charge is -2.19. The van der Waals surface area contributed by atoms with Gasteiger partial charge in [0.2, 0.25) is 0 Å². The number of benzene rings is 2. The number of thiophene rings is 1. The van der Waals surface area contributed by atoms with Gasteiger partial charge in [-0.3, -0.25) is 9.10 Å². The summed E-state index contributed by atoms with van der Waals surface area (Å²) in [6.07, 6.45) is -0.854. The molecule has 0 saturated carbocycles. The molecule has 0 radical (unpaired) electrons. The average Bonchev–Trinajstić information content (AvgIpc) is 3.26.